The molecule has 28 heavy (non-hydrogen) atoms. The van der Waals surface area contributed by atoms with Gasteiger partial charge in [-0.05, 0) is 37.1 Å². The first-order valence-electron chi connectivity index (χ1n) is 8.62. The Bertz CT molecular complexity index is 1150. The Kier molecular flexibility index (Phi) is 5.57. The van der Waals surface area contributed by atoms with Gasteiger partial charge in [-0.15, -0.1) is 0 Å². The fraction of sp³-hybridized carbons (Fsp3) is 0.263. The molecular weight excluding hydrogens is 398 g/mol. The van der Waals surface area contributed by atoms with E-state index in [9.17, 15) is 13.2 Å². The smallest absolute Gasteiger partial charge is 0.262 e. The van der Waals surface area contributed by atoms with Gasteiger partial charge in [-0.3, -0.25) is 9.52 Å². The van der Waals surface area contributed by atoms with Gasteiger partial charge in [0.1, 0.15) is 11.3 Å². The zero-order valence-electron chi connectivity index (χ0n) is 16.0. The second kappa shape index (κ2) is 7.76. The lowest BCUT2D eigenvalue weighted by atomic mass is 10.2. The number of amides is 1. The second-order valence-corrected chi connectivity index (χ2v) is 9.00. The van der Waals surface area contributed by atoms with Crippen molar-refractivity contribution in [2.24, 2.45) is 0 Å². The molecule has 0 saturated heterocycles. The first-order valence-corrected chi connectivity index (χ1v) is 10.9. The average molecular weight is 420 g/mol. The summed E-state index contributed by atoms with van der Waals surface area (Å²) in [4.78, 5) is 16.2. The Hall–Kier alpha value is -2.65. The summed E-state index contributed by atoms with van der Waals surface area (Å²) in [5.74, 6) is 0.276. The zero-order valence-corrected chi connectivity index (χ0v) is 17.6. The van der Waals surface area contributed by atoms with Gasteiger partial charge in [0.2, 0.25) is 5.91 Å². The van der Waals surface area contributed by atoms with E-state index >= 15 is 0 Å². The van der Waals surface area contributed by atoms with Gasteiger partial charge in [0.15, 0.2) is 5.13 Å². The molecule has 0 fully saturated rings. The molecular formula is C19H21N3O4S2. The molecule has 0 unspecified atom stereocenters. The molecule has 1 heterocycles. The quantitative estimate of drug-likeness (QED) is 0.628. The minimum absolute atomic E-state index is 0.145. The number of hydrogen-bond acceptors (Lipinski definition) is 6. The van der Waals surface area contributed by atoms with Crippen molar-refractivity contribution < 1.29 is 17.9 Å². The number of aromatic nitrogens is 1. The maximum absolute atomic E-state index is 12.9. The number of sulfonamides is 1. The first kappa shape index (κ1) is 20.1. The van der Waals surface area contributed by atoms with E-state index < -0.39 is 10.0 Å². The maximum Gasteiger partial charge on any atom is 0.262 e. The number of ether oxygens (including phenoxy) is 1. The van der Waals surface area contributed by atoms with E-state index in [1.54, 1.807) is 38.1 Å². The van der Waals surface area contributed by atoms with E-state index in [1.165, 1.54) is 18.4 Å². The number of nitrogens with zero attached hydrogens (tertiary/aromatic N) is 1. The van der Waals surface area contributed by atoms with Crippen molar-refractivity contribution in [3.63, 3.8) is 0 Å². The van der Waals surface area contributed by atoms with Crippen LogP contribution in [0.25, 0.3) is 10.2 Å². The number of rotatable bonds is 6. The first-order chi connectivity index (χ1) is 13.2. The van der Waals surface area contributed by atoms with E-state index in [1.807, 2.05) is 13.0 Å². The number of methoxy groups -OCH3 is 1. The normalized spacial score (nSPS) is 11.4. The molecule has 1 amide bonds. The number of anilines is 2. The number of thiazole rings is 1. The molecule has 0 aliphatic carbocycles. The van der Waals surface area contributed by atoms with Crippen LogP contribution < -0.4 is 14.8 Å². The Morgan fingerprint density at radius 3 is 2.64 bits per heavy atom. The molecule has 1 aromatic heterocycles. The fourth-order valence-corrected chi connectivity index (χ4v) is 4.99. The van der Waals surface area contributed by atoms with Crippen LogP contribution in [0.1, 0.15) is 24.5 Å². The van der Waals surface area contributed by atoms with Gasteiger partial charge in [-0.2, -0.15) is 0 Å². The van der Waals surface area contributed by atoms with Crippen molar-refractivity contribution in [2.75, 3.05) is 17.1 Å². The van der Waals surface area contributed by atoms with E-state index in [4.69, 9.17) is 4.74 Å². The van der Waals surface area contributed by atoms with Crippen molar-refractivity contribution in [3.05, 3.63) is 41.5 Å². The molecule has 0 aliphatic rings. The highest BCUT2D eigenvalue weighted by Gasteiger charge is 2.19. The predicted molar refractivity (Wildman–Crippen MR) is 112 cm³/mol. The van der Waals surface area contributed by atoms with Crippen LogP contribution in [0.3, 0.4) is 0 Å². The average Bonchev–Trinajstić information content (AvgIpc) is 3.04. The molecule has 148 valence electrons. The molecule has 2 aromatic carbocycles. The molecule has 0 bridgehead atoms. The van der Waals surface area contributed by atoms with Crippen LogP contribution >= 0.6 is 11.3 Å². The summed E-state index contributed by atoms with van der Waals surface area (Å²) in [6.07, 6.45) is 0.341. The maximum atomic E-state index is 12.9. The molecule has 2 N–H and O–H groups in total. The molecule has 0 aliphatic heterocycles. The lowest BCUT2D eigenvalue weighted by Crippen LogP contribution is -2.14. The lowest BCUT2D eigenvalue weighted by molar-refractivity contribution is -0.115. The zero-order chi connectivity index (χ0) is 20.5. The minimum atomic E-state index is -3.77. The number of benzene rings is 2. The summed E-state index contributed by atoms with van der Waals surface area (Å²) in [6, 6.07) is 8.54. The molecule has 3 rings (SSSR count). The Balaban J connectivity index is 2.01. The minimum Gasteiger partial charge on any atom is -0.494 e. The van der Waals surface area contributed by atoms with E-state index in [0.717, 1.165) is 5.56 Å². The van der Waals surface area contributed by atoms with Crippen LogP contribution in [0.2, 0.25) is 0 Å². The fourth-order valence-electron chi connectivity index (χ4n) is 2.68. The van der Waals surface area contributed by atoms with Gasteiger partial charge in [0, 0.05) is 12.5 Å². The number of hydrogen-bond donors (Lipinski definition) is 2. The van der Waals surface area contributed by atoms with Crippen molar-refractivity contribution >= 4 is 48.3 Å². The number of aryl methyl sites for hydroxylation is 2. The highest BCUT2D eigenvalue weighted by Crippen LogP contribution is 2.36. The van der Waals surface area contributed by atoms with Crippen molar-refractivity contribution in [1.29, 1.82) is 0 Å². The standard InChI is InChI=1S/C19H21N3O4S2/c1-5-17(23)20-19-21-18-14(26-4)9-13(10-15(18)27-19)22-28(24,25)16-8-11(2)6-7-12(16)3/h6-10,22H,5H2,1-4H3,(H,20,21,23). The Labute approximate surface area is 167 Å². The summed E-state index contributed by atoms with van der Waals surface area (Å²) >= 11 is 1.25. The largest absolute Gasteiger partial charge is 0.494 e. The summed E-state index contributed by atoms with van der Waals surface area (Å²) in [7, 11) is -2.28. The summed E-state index contributed by atoms with van der Waals surface area (Å²) in [5.41, 5.74) is 2.45. The van der Waals surface area contributed by atoms with Crippen LogP contribution in [-0.4, -0.2) is 26.4 Å². The van der Waals surface area contributed by atoms with Crippen molar-refractivity contribution in [2.45, 2.75) is 32.1 Å². The molecule has 0 radical (unpaired) electrons. The highest BCUT2D eigenvalue weighted by molar-refractivity contribution is 7.92. The van der Waals surface area contributed by atoms with E-state index in [-0.39, 0.29) is 10.8 Å². The van der Waals surface area contributed by atoms with Crippen LogP contribution in [0.15, 0.2) is 35.2 Å². The molecule has 0 saturated carbocycles. The third kappa shape index (κ3) is 4.10. The number of nitrogens with one attached hydrogen (secondary N) is 2. The van der Waals surface area contributed by atoms with Gasteiger partial charge >= 0.3 is 0 Å². The number of carbonyl (C=O) groups excluding carboxylic acids is 1. The molecule has 3 aromatic rings. The van der Waals surface area contributed by atoms with Crippen LogP contribution in [0.4, 0.5) is 10.8 Å². The van der Waals surface area contributed by atoms with Crippen molar-refractivity contribution in [3.8, 4) is 5.75 Å². The van der Waals surface area contributed by atoms with Gasteiger partial charge in [-0.25, -0.2) is 13.4 Å². The third-order valence-electron chi connectivity index (χ3n) is 4.13. The summed E-state index contributed by atoms with van der Waals surface area (Å²) < 4.78 is 34.4. The third-order valence-corrected chi connectivity index (χ3v) is 6.57. The van der Waals surface area contributed by atoms with Gasteiger partial charge < -0.3 is 10.1 Å². The molecule has 7 nitrogen and oxygen atoms in total. The molecule has 0 spiro atoms. The van der Waals surface area contributed by atoms with Gasteiger partial charge in [-0.1, -0.05) is 30.4 Å². The van der Waals surface area contributed by atoms with Crippen LogP contribution in [0.5, 0.6) is 5.75 Å². The number of carbonyl (C=O) groups is 1. The summed E-state index contributed by atoms with van der Waals surface area (Å²) in [6.45, 7) is 5.35. The highest BCUT2D eigenvalue weighted by atomic mass is 32.2. The Morgan fingerprint density at radius 1 is 1.21 bits per heavy atom. The Morgan fingerprint density at radius 2 is 1.96 bits per heavy atom. The van der Waals surface area contributed by atoms with Crippen LogP contribution in [-0.2, 0) is 14.8 Å². The molecule has 0 atom stereocenters. The second-order valence-electron chi connectivity index (χ2n) is 6.32. The lowest BCUT2D eigenvalue weighted by Gasteiger charge is -2.12. The van der Waals surface area contributed by atoms with Gasteiger partial charge in [0.25, 0.3) is 10.0 Å². The summed E-state index contributed by atoms with van der Waals surface area (Å²) in [5, 5.41) is 3.15. The number of fused-ring (bicyclic) bond motifs is 1. The SMILES string of the molecule is CCC(=O)Nc1nc2c(OC)cc(NS(=O)(=O)c3cc(C)ccc3C)cc2s1. The molecule has 9 heteroatoms. The van der Waals surface area contributed by atoms with E-state index in [0.29, 0.717) is 38.8 Å². The van der Waals surface area contributed by atoms with Crippen LogP contribution in [0, 0.1) is 13.8 Å². The predicted octanol–water partition coefficient (Wildman–Crippen LogP) is 4.07. The van der Waals surface area contributed by atoms with E-state index in [2.05, 4.69) is 15.0 Å². The monoisotopic (exact) mass is 419 g/mol. The van der Waals surface area contributed by atoms with Gasteiger partial charge in [0.05, 0.1) is 22.4 Å². The topological polar surface area (TPSA) is 97.4 Å². The van der Waals surface area contributed by atoms with Crippen molar-refractivity contribution in [1.82, 2.24) is 4.98 Å².